The van der Waals surface area contributed by atoms with Crippen LogP contribution in [0.2, 0.25) is 0 Å². The van der Waals surface area contributed by atoms with Gasteiger partial charge in [-0.2, -0.15) is 0 Å². The highest BCUT2D eigenvalue weighted by Gasteiger charge is 2.24. The van der Waals surface area contributed by atoms with Gasteiger partial charge in [0, 0.05) is 19.7 Å². The van der Waals surface area contributed by atoms with E-state index < -0.39 is 0 Å². The van der Waals surface area contributed by atoms with Crippen LogP contribution >= 0.6 is 0 Å². The minimum atomic E-state index is -0.385. The highest BCUT2D eigenvalue weighted by molar-refractivity contribution is 5.89. The Morgan fingerprint density at radius 1 is 1.50 bits per heavy atom. The molecule has 2 aromatic rings. The summed E-state index contributed by atoms with van der Waals surface area (Å²) in [6.45, 7) is 0.235. The molecule has 0 saturated carbocycles. The Balaban J connectivity index is 1.59. The number of hydrogen-bond acceptors (Lipinski definition) is 4. The lowest BCUT2D eigenvalue weighted by Gasteiger charge is -2.11. The van der Waals surface area contributed by atoms with Crippen molar-refractivity contribution in [3.63, 3.8) is 0 Å². The molecule has 1 atom stereocenters. The average Bonchev–Trinajstić information content (AvgIpc) is 2.98. The summed E-state index contributed by atoms with van der Waals surface area (Å²) in [5.74, 6) is 0.486. The van der Waals surface area contributed by atoms with Gasteiger partial charge in [0.1, 0.15) is 24.2 Å². The molecule has 1 aliphatic rings. The minimum Gasteiger partial charge on any atom is -0.486 e. The molecule has 0 amide bonds. The first-order valence-corrected chi connectivity index (χ1v) is 6.47. The molecular formula is C15H16N2O3. The summed E-state index contributed by atoms with van der Waals surface area (Å²) in [6, 6.07) is 9.46. The van der Waals surface area contributed by atoms with Crippen LogP contribution in [0.15, 0.2) is 36.5 Å². The van der Waals surface area contributed by atoms with Crippen molar-refractivity contribution in [2.24, 2.45) is 7.05 Å². The summed E-state index contributed by atoms with van der Waals surface area (Å²) in [6.07, 6.45) is 2.33. The van der Waals surface area contributed by atoms with Crippen molar-refractivity contribution in [3.05, 3.63) is 47.8 Å². The maximum absolute atomic E-state index is 12.0. The predicted octanol–water partition coefficient (Wildman–Crippen LogP) is 1.77. The number of ether oxygens (including phenoxy) is 2. The molecule has 5 nitrogen and oxygen atoms in total. The summed E-state index contributed by atoms with van der Waals surface area (Å²) in [4.78, 5) is 12.0. The number of aryl methyl sites for hydroxylation is 1. The number of anilines is 1. The quantitative estimate of drug-likeness (QED) is 0.865. The second kappa shape index (κ2) is 4.92. The average molecular weight is 272 g/mol. The molecule has 2 N–H and O–H groups in total. The molecule has 1 unspecified atom stereocenters. The largest absolute Gasteiger partial charge is 0.486 e. The molecule has 1 aromatic heterocycles. The SMILES string of the molecule is Cn1cc(N)cc1C(=O)OCC1Cc2ccccc2O1. The number of carbonyl (C=O) groups excluding carboxylic acids is 1. The Morgan fingerprint density at radius 2 is 2.30 bits per heavy atom. The fourth-order valence-corrected chi connectivity index (χ4v) is 2.38. The zero-order valence-electron chi connectivity index (χ0n) is 11.2. The van der Waals surface area contributed by atoms with Crippen molar-refractivity contribution in [3.8, 4) is 5.75 Å². The lowest BCUT2D eigenvalue weighted by molar-refractivity contribution is 0.0336. The molecule has 104 valence electrons. The van der Waals surface area contributed by atoms with Gasteiger partial charge in [-0.15, -0.1) is 0 Å². The molecular weight excluding hydrogens is 256 g/mol. The normalized spacial score (nSPS) is 16.6. The molecule has 2 heterocycles. The number of nitrogens with zero attached hydrogens (tertiary/aromatic N) is 1. The van der Waals surface area contributed by atoms with E-state index in [1.54, 1.807) is 23.9 Å². The van der Waals surface area contributed by atoms with Crippen LogP contribution in [0.25, 0.3) is 0 Å². The second-order valence-corrected chi connectivity index (χ2v) is 4.92. The number of aromatic nitrogens is 1. The van der Waals surface area contributed by atoms with Crippen molar-refractivity contribution in [2.75, 3.05) is 12.3 Å². The van der Waals surface area contributed by atoms with Crippen molar-refractivity contribution < 1.29 is 14.3 Å². The lowest BCUT2D eigenvalue weighted by atomic mass is 10.1. The second-order valence-electron chi connectivity index (χ2n) is 4.92. The Kier molecular flexibility index (Phi) is 3.10. The molecule has 0 fully saturated rings. The number of rotatable bonds is 3. The van der Waals surface area contributed by atoms with Crippen molar-refractivity contribution in [1.29, 1.82) is 0 Å². The lowest BCUT2D eigenvalue weighted by Crippen LogP contribution is -2.23. The van der Waals surface area contributed by atoms with E-state index in [4.69, 9.17) is 15.2 Å². The maximum atomic E-state index is 12.0. The third-order valence-electron chi connectivity index (χ3n) is 3.35. The summed E-state index contributed by atoms with van der Waals surface area (Å²) in [5.41, 5.74) is 7.78. The smallest absolute Gasteiger partial charge is 0.355 e. The topological polar surface area (TPSA) is 66.5 Å². The van der Waals surface area contributed by atoms with Gasteiger partial charge < -0.3 is 19.8 Å². The number of carbonyl (C=O) groups is 1. The number of esters is 1. The van der Waals surface area contributed by atoms with E-state index in [1.165, 1.54) is 0 Å². The van der Waals surface area contributed by atoms with Gasteiger partial charge in [0.05, 0.1) is 5.69 Å². The maximum Gasteiger partial charge on any atom is 0.355 e. The summed E-state index contributed by atoms with van der Waals surface area (Å²) in [5, 5.41) is 0. The molecule has 20 heavy (non-hydrogen) atoms. The number of hydrogen-bond donors (Lipinski definition) is 1. The Hall–Kier alpha value is -2.43. The van der Waals surface area contributed by atoms with Gasteiger partial charge in [0.2, 0.25) is 0 Å². The van der Waals surface area contributed by atoms with E-state index >= 15 is 0 Å². The van der Waals surface area contributed by atoms with Gasteiger partial charge in [0.15, 0.2) is 0 Å². The monoisotopic (exact) mass is 272 g/mol. The number of nitrogens with two attached hydrogens (primary N) is 1. The molecule has 0 spiro atoms. The Labute approximate surface area is 116 Å². The van der Waals surface area contributed by atoms with Crippen LogP contribution in [-0.2, 0) is 18.2 Å². The minimum absolute atomic E-state index is 0.117. The van der Waals surface area contributed by atoms with E-state index in [2.05, 4.69) is 0 Å². The van der Waals surface area contributed by atoms with E-state index in [9.17, 15) is 4.79 Å². The first-order chi connectivity index (χ1) is 9.63. The number of nitrogen functional groups attached to an aromatic ring is 1. The fourth-order valence-electron chi connectivity index (χ4n) is 2.38. The third kappa shape index (κ3) is 2.34. The van der Waals surface area contributed by atoms with Crippen LogP contribution in [0.4, 0.5) is 5.69 Å². The summed E-state index contributed by atoms with van der Waals surface area (Å²) >= 11 is 0. The van der Waals surface area contributed by atoms with E-state index in [1.807, 2.05) is 24.3 Å². The molecule has 1 aromatic carbocycles. The van der Waals surface area contributed by atoms with Crippen LogP contribution in [-0.4, -0.2) is 23.2 Å². The third-order valence-corrected chi connectivity index (χ3v) is 3.35. The van der Waals surface area contributed by atoms with Crippen molar-refractivity contribution in [2.45, 2.75) is 12.5 Å². The van der Waals surface area contributed by atoms with E-state index in [-0.39, 0.29) is 18.7 Å². The van der Waals surface area contributed by atoms with Crippen molar-refractivity contribution >= 4 is 11.7 Å². The molecule has 1 aliphatic heterocycles. The summed E-state index contributed by atoms with van der Waals surface area (Å²) < 4.78 is 12.7. The number of fused-ring (bicyclic) bond motifs is 1. The van der Waals surface area contributed by atoms with Crippen molar-refractivity contribution in [1.82, 2.24) is 4.57 Å². The number of para-hydroxylation sites is 1. The van der Waals surface area contributed by atoms with Gasteiger partial charge in [-0.25, -0.2) is 4.79 Å². The molecule has 3 rings (SSSR count). The molecule has 0 bridgehead atoms. The van der Waals surface area contributed by atoms with Crippen LogP contribution in [0.1, 0.15) is 16.1 Å². The first-order valence-electron chi connectivity index (χ1n) is 6.47. The fraction of sp³-hybridized carbons (Fsp3) is 0.267. The first kappa shape index (κ1) is 12.6. The zero-order chi connectivity index (χ0) is 14.1. The van der Waals surface area contributed by atoms with Gasteiger partial charge in [-0.1, -0.05) is 18.2 Å². The van der Waals surface area contributed by atoms with E-state index in [0.717, 1.165) is 17.7 Å². The number of benzene rings is 1. The van der Waals surface area contributed by atoms with Crippen LogP contribution in [0.5, 0.6) is 5.75 Å². The van der Waals surface area contributed by atoms with Crippen LogP contribution < -0.4 is 10.5 Å². The van der Waals surface area contributed by atoms with Gasteiger partial charge in [-0.3, -0.25) is 0 Å². The van der Waals surface area contributed by atoms with Gasteiger partial charge in [0.25, 0.3) is 0 Å². The predicted molar refractivity (Wildman–Crippen MR) is 74.7 cm³/mol. The zero-order valence-corrected chi connectivity index (χ0v) is 11.2. The Bertz CT molecular complexity index is 623. The molecule has 0 aliphatic carbocycles. The van der Waals surface area contributed by atoms with Crippen LogP contribution in [0, 0.1) is 0 Å². The molecule has 0 saturated heterocycles. The van der Waals surface area contributed by atoms with E-state index in [0.29, 0.717) is 11.4 Å². The standard InChI is InChI=1S/C15H16N2O3/c1-17-8-11(16)7-13(17)15(18)19-9-12-6-10-4-2-3-5-14(10)20-12/h2-5,7-8,12H,6,9,16H2,1H3. The Morgan fingerprint density at radius 3 is 3.00 bits per heavy atom. The highest BCUT2D eigenvalue weighted by atomic mass is 16.6. The molecule has 5 heteroatoms. The molecule has 0 radical (unpaired) electrons. The highest BCUT2D eigenvalue weighted by Crippen LogP contribution is 2.28. The van der Waals surface area contributed by atoms with Crippen LogP contribution in [0.3, 0.4) is 0 Å². The van der Waals surface area contributed by atoms with Gasteiger partial charge >= 0.3 is 5.97 Å². The van der Waals surface area contributed by atoms with Gasteiger partial charge in [-0.05, 0) is 17.7 Å². The summed E-state index contributed by atoms with van der Waals surface area (Å²) in [7, 11) is 1.76.